The molecule has 0 heterocycles. The lowest BCUT2D eigenvalue weighted by Crippen LogP contribution is -2.40. The molecule has 2 aromatic rings. The van der Waals surface area contributed by atoms with Crippen LogP contribution in [0.2, 0.25) is 5.02 Å². The molecule has 0 aliphatic rings. The highest BCUT2D eigenvalue weighted by molar-refractivity contribution is 6.30. The Morgan fingerprint density at radius 1 is 1.27 bits per heavy atom. The molecule has 0 amide bonds. The summed E-state index contributed by atoms with van der Waals surface area (Å²) in [5.74, 6) is 1.05. The van der Waals surface area contributed by atoms with E-state index >= 15 is 0 Å². The highest BCUT2D eigenvalue weighted by Gasteiger charge is 2.07. The summed E-state index contributed by atoms with van der Waals surface area (Å²) in [4.78, 5) is 6.17. The van der Waals surface area contributed by atoms with Crippen molar-refractivity contribution in [1.29, 1.82) is 0 Å². The number of guanidine groups is 1. The molecule has 5 nitrogen and oxygen atoms in total. The Morgan fingerprint density at radius 2 is 2.00 bits per heavy atom. The lowest BCUT2D eigenvalue weighted by molar-refractivity contribution is 0.275. The molecule has 0 aliphatic carbocycles. The largest absolute Gasteiger partial charge is 0.492 e. The Balaban J connectivity index is 1.82. The van der Waals surface area contributed by atoms with E-state index in [9.17, 15) is 4.39 Å². The van der Waals surface area contributed by atoms with Crippen molar-refractivity contribution in [2.24, 2.45) is 4.99 Å². The van der Waals surface area contributed by atoms with Gasteiger partial charge in [0.2, 0.25) is 0 Å². The Labute approximate surface area is 158 Å². The SMILES string of the molecule is CN=C(NCc1ccc(F)c(CO)c1)N(C)CCOc1ccc(Cl)cc1. The minimum Gasteiger partial charge on any atom is -0.492 e. The minimum atomic E-state index is -0.405. The van der Waals surface area contributed by atoms with Gasteiger partial charge in [-0.15, -0.1) is 0 Å². The van der Waals surface area contributed by atoms with Crippen molar-refractivity contribution in [2.45, 2.75) is 13.2 Å². The second-order valence-corrected chi connectivity index (χ2v) is 6.15. The van der Waals surface area contributed by atoms with Crippen molar-refractivity contribution < 1.29 is 14.2 Å². The summed E-state index contributed by atoms with van der Waals surface area (Å²) in [6.07, 6.45) is 0. The van der Waals surface area contributed by atoms with Gasteiger partial charge in [-0.3, -0.25) is 4.99 Å². The molecule has 2 rings (SSSR count). The normalized spacial score (nSPS) is 11.3. The number of aliphatic hydroxyl groups is 1. The zero-order chi connectivity index (χ0) is 18.9. The first-order valence-electron chi connectivity index (χ1n) is 8.21. The molecule has 0 saturated carbocycles. The van der Waals surface area contributed by atoms with Gasteiger partial charge < -0.3 is 20.1 Å². The number of likely N-dealkylation sites (N-methyl/N-ethyl adjacent to an activating group) is 1. The molecule has 0 radical (unpaired) electrons. The topological polar surface area (TPSA) is 57.1 Å². The molecule has 2 aromatic carbocycles. The predicted octanol–water partition coefficient (Wildman–Crippen LogP) is 3.06. The van der Waals surface area contributed by atoms with Gasteiger partial charge in [0.05, 0.1) is 13.2 Å². The molecule has 140 valence electrons. The number of nitrogens with one attached hydrogen (secondary N) is 1. The Morgan fingerprint density at radius 3 is 2.65 bits per heavy atom. The smallest absolute Gasteiger partial charge is 0.193 e. The first-order chi connectivity index (χ1) is 12.5. The fraction of sp³-hybridized carbons (Fsp3) is 0.316. The predicted molar refractivity (Wildman–Crippen MR) is 102 cm³/mol. The number of halogens is 2. The van der Waals surface area contributed by atoms with E-state index in [2.05, 4.69) is 10.3 Å². The van der Waals surface area contributed by atoms with Crippen LogP contribution in [0.3, 0.4) is 0 Å². The van der Waals surface area contributed by atoms with Gasteiger partial charge in [-0.1, -0.05) is 17.7 Å². The standard InChI is InChI=1S/C19H23ClFN3O2/c1-22-19(23-12-14-3-8-18(21)15(11-14)13-25)24(2)9-10-26-17-6-4-16(20)5-7-17/h3-8,11,25H,9-10,12-13H2,1-2H3,(H,22,23). The van der Waals surface area contributed by atoms with Crippen LogP contribution < -0.4 is 10.1 Å². The van der Waals surface area contributed by atoms with Crippen molar-refractivity contribution >= 4 is 17.6 Å². The van der Waals surface area contributed by atoms with E-state index in [1.807, 2.05) is 24.1 Å². The molecule has 0 unspecified atom stereocenters. The maximum atomic E-state index is 13.4. The maximum Gasteiger partial charge on any atom is 0.193 e. The number of aliphatic hydroxyl groups excluding tert-OH is 1. The highest BCUT2D eigenvalue weighted by atomic mass is 35.5. The number of hydrogen-bond acceptors (Lipinski definition) is 3. The van der Waals surface area contributed by atoms with E-state index < -0.39 is 5.82 Å². The average molecular weight is 380 g/mol. The molecule has 26 heavy (non-hydrogen) atoms. The molecule has 2 N–H and O–H groups in total. The summed E-state index contributed by atoms with van der Waals surface area (Å²) in [6.45, 7) is 1.27. The second-order valence-electron chi connectivity index (χ2n) is 5.71. The number of benzene rings is 2. The van der Waals surface area contributed by atoms with E-state index in [0.29, 0.717) is 30.7 Å². The minimum absolute atomic E-state index is 0.281. The average Bonchev–Trinajstić information content (AvgIpc) is 2.65. The molecule has 0 bridgehead atoms. The third kappa shape index (κ3) is 5.89. The third-order valence-electron chi connectivity index (χ3n) is 3.81. The summed E-state index contributed by atoms with van der Waals surface area (Å²) in [7, 11) is 3.60. The highest BCUT2D eigenvalue weighted by Crippen LogP contribution is 2.15. The van der Waals surface area contributed by atoms with Crippen LogP contribution in [0, 0.1) is 5.82 Å². The summed E-state index contributed by atoms with van der Waals surface area (Å²) < 4.78 is 19.1. The Bertz CT molecular complexity index is 738. The van der Waals surface area contributed by atoms with Crippen molar-refractivity contribution in [3.05, 3.63) is 64.4 Å². The zero-order valence-electron chi connectivity index (χ0n) is 14.9. The van der Waals surface area contributed by atoms with Gasteiger partial charge in [0.25, 0.3) is 0 Å². The molecular formula is C19H23ClFN3O2. The number of ether oxygens (including phenoxy) is 1. The molecule has 0 aliphatic heterocycles. The summed E-state index contributed by atoms with van der Waals surface area (Å²) >= 11 is 5.85. The van der Waals surface area contributed by atoms with Crippen molar-refractivity contribution in [2.75, 3.05) is 27.2 Å². The Hall–Kier alpha value is -2.31. The maximum absolute atomic E-state index is 13.4. The number of rotatable bonds is 7. The van der Waals surface area contributed by atoms with Gasteiger partial charge in [-0.25, -0.2) is 4.39 Å². The van der Waals surface area contributed by atoms with Gasteiger partial charge in [0.15, 0.2) is 5.96 Å². The Kier molecular flexibility index (Phi) is 7.69. The van der Waals surface area contributed by atoms with Crippen LogP contribution in [0.1, 0.15) is 11.1 Å². The van der Waals surface area contributed by atoms with Crippen molar-refractivity contribution in [3.8, 4) is 5.75 Å². The van der Waals surface area contributed by atoms with Crippen LogP contribution in [-0.2, 0) is 13.2 Å². The fourth-order valence-electron chi connectivity index (χ4n) is 2.36. The van der Waals surface area contributed by atoms with E-state index in [4.69, 9.17) is 21.4 Å². The number of nitrogens with zero attached hydrogens (tertiary/aromatic N) is 2. The van der Waals surface area contributed by atoms with Gasteiger partial charge in [0, 0.05) is 31.2 Å². The quantitative estimate of drug-likeness (QED) is 0.573. The van der Waals surface area contributed by atoms with Crippen molar-refractivity contribution in [1.82, 2.24) is 10.2 Å². The van der Waals surface area contributed by atoms with Crippen LogP contribution in [0.5, 0.6) is 5.75 Å². The lowest BCUT2D eigenvalue weighted by atomic mass is 10.1. The first-order valence-corrected chi connectivity index (χ1v) is 8.59. The number of aliphatic imine (C=N–C) groups is 1. The van der Waals surface area contributed by atoms with E-state index in [0.717, 1.165) is 11.3 Å². The van der Waals surface area contributed by atoms with E-state index in [1.54, 1.807) is 31.3 Å². The van der Waals surface area contributed by atoms with Gasteiger partial charge in [-0.2, -0.15) is 0 Å². The second kappa shape index (κ2) is 9.99. The summed E-state index contributed by atoms with van der Waals surface area (Å²) in [5.41, 5.74) is 1.14. The van der Waals surface area contributed by atoms with Gasteiger partial charge in [-0.05, 0) is 42.0 Å². The molecule has 0 aromatic heterocycles. The zero-order valence-corrected chi connectivity index (χ0v) is 15.6. The molecule has 0 atom stereocenters. The van der Waals surface area contributed by atoms with Crippen LogP contribution >= 0.6 is 11.6 Å². The summed E-state index contributed by atoms with van der Waals surface area (Å²) in [6, 6.07) is 11.9. The molecule has 0 spiro atoms. The van der Waals surface area contributed by atoms with Gasteiger partial charge in [0.1, 0.15) is 18.2 Å². The van der Waals surface area contributed by atoms with Crippen LogP contribution in [-0.4, -0.2) is 43.2 Å². The fourth-order valence-corrected chi connectivity index (χ4v) is 2.49. The van der Waals surface area contributed by atoms with E-state index in [-0.39, 0.29) is 12.2 Å². The third-order valence-corrected chi connectivity index (χ3v) is 4.07. The van der Waals surface area contributed by atoms with Crippen LogP contribution in [0.15, 0.2) is 47.5 Å². The summed E-state index contributed by atoms with van der Waals surface area (Å²) in [5, 5.41) is 13.0. The van der Waals surface area contributed by atoms with Gasteiger partial charge >= 0.3 is 0 Å². The monoisotopic (exact) mass is 379 g/mol. The molecule has 7 heteroatoms. The first kappa shape index (κ1) is 20.0. The number of hydrogen-bond donors (Lipinski definition) is 2. The molecule has 0 fully saturated rings. The van der Waals surface area contributed by atoms with Crippen LogP contribution in [0.4, 0.5) is 4.39 Å². The van der Waals surface area contributed by atoms with Crippen LogP contribution in [0.25, 0.3) is 0 Å². The lowest BCUT2D eigenvalue weighted by Gasteiger charge is -2.22. The van der Waals surface area contributed by atoms with E-state index in [1.165, 1.54) is 6.07 Å². The molecular weight excluding hydrogens is 357 g/mol. The molecule has 0 saturated heterocycles. The van der Waals surface area contributed by atoms with Crippen molar-refractivity contribution in [3.63, 3.8) is 0 Å².